The van der Waals surface area contributed by atoms with Gasteiger partial charge >= 0.3 is 6.03 Å². The third-order valence-electron chi connectivity index (χ3n) is 3.65. The van der Waals surface area contributed by atoms with Crippen molar-refractivity contribution < 1.29 is 14.3 Å². The number of urea groups is 1. The van der Waals surface area contributed by atoms with Crippen LogP contribution >= 0.6 is 11.3 Å². The molecule has 1 aliphatic carbocycles. The van der Waals surface area contributed by atoms with Gasteiger partial charge in [-0.25, -0.2) is 9.18 Å². The van der Waals surface area contributed by atoms with Gasteiger partial charge in [-0.05, 0) is 24.1 Å². The van der Waals surface area contributed by atoms with Gasteiger partial charge in [-0.15, -0.1) is 10.2 Å². The number of carbonyl (C=O) groups is 1. The maximum absolute atomic E-state index is 13.2. The van der Waals surface area contributed by atoms with Crippen molar-refractivity contribution in [2.45, 2.75) is 18.9 Å². The number of benzene rings is 1. The molecule has 3 N–H and O–H groups in total. The molecule has 1 aromatic heterocycles. The van der Waals surface area contributed by atoms with Crippen molar-refractivity contribution in [1.82, 2.24) is 15.5 Å². The number of amides is 2. The Balaban J connectivity index is 1.52. The molecule has 2 atom stereocenters. The van der Waals surface area contributed by atoms with Crippen LogP contribution in [0.5, 0.6) is 0 Å². The molecule has 1 heterocycles. The van der Waals surface area contributed by atoms with E-state index in [-0.39, 0.29) is 30.4 Å². The topological polar surface area (TPSA) is 87.1 Å². The Bertz CT molecular complexity index is 749. The fourth-order valence-electron chi connectivity index (χ4n) is 2.52. The molecule has 0 saturated heterocycles. The van der Waals surface area contributed by atoms with Crippen molar-refractivity contribution in [3.8, 4) is 0 Å². The zero-order valence-electron chi connectivity index (χ0n) is 12.8. The number of hydrogen-bond acceptors (Lipinski definition) is 5. The minimum Gasteiger partial charge on any atom is -0.396 e. The van der Waals surface area contributed by atoms with E-state index in [4.69, 9.17) is 5.11 Å². The first kappa shape index (κ1) is 16.5. The summed E-state index contributed by atoms with van der Waals surface area (Å²) in [4.78, 5) is 11.9. The second kappa shape index (κ2) is 7.50. The SMILES string of the molecule is O=C(Nc1nnc(Cc2cccc(F)c2)s1)N[C@@H]1C=C[C@H](CO)C1. The summed E-state index contributed by atoms with van der Waals surface area (Å²) in [5, 5.41) is 23.5. The maximum atomic E-state index is 13.2. The number of aliphatic hydroxyl groups is 1. The molecule has 0 aliphatic heterocycles. The molecular weight excluding hydrogens is 331 g/mol. The van der Waals surface area contributed by atoms with Gasteiger partial charge in [0.15, 0.2) is 0 Å². The minimum atomic E-state index is -0.364. The Kier molecular flexibility index (Phi) is 5.17. The molecule has 6 nitrogen and oxygen atoms in total. The fraction of sp³-hybridized carbons (Fsp3) is 0.312. The highest BCUT2D eigenvalue weighted by atomic mass is 32.1. The first-order chi connectivity index (χ1) is 11.6. The average Bonchev–Trinajstić information content (AvgIpc) is 3.17. The smallest absolute Gasteiger partial charge is 0.321 e. The van der Waals surface area contributed by atoms with Crippen LogP contribution in [-0.4, -0.2) is 34.0 Å². The summed E-state index contributed by atoms with van der Waals surface area (Å²) in [7, 11) is 0. The van der Waals surface area contributed by atoms with Crippen molar-refractivity contribution in [2.75, 3.05) is 11.9 Å². The molecule has 8 heteroatoms. The molecule has 0 bridgehead atoms. The Morgan fingerprint density at radius 3 is 3.00 bits per heavy atom. The maximum Gasteiger partial charge on any atom is 0.321 e. The molecule has 0 spiro atoms. The molecule has 126 valence electrons. The molecule has 0 unspecified atom stereocenters. The molecule has 2 amide bonds. The molecule has 1 aromatic carbocycles. The lowest BCUT2D eigenvalue weighted by molar-refractivity contribution is 0.238. The van der Waals surface area contributed by atoms with Crippen molar-refractivity contribution in [3.63, 3.8) is 0 Å². The lowest BCUT2D eigenvalue weighted by atomic mass is 10.1. The van der Waals surface area contributed by atoms with Gasteiger partial charge in [0.25, 0.3) is 0 Å². The van der Waals surface area contributed by atoms with Crippen molar-refractivity contribution >= 4 is 22.5 Å². The summed E-state index contributed by atoms with van der Waals surface area (Å²) in [6.07, 6.45) is 4.91. The average molecular weight is 348 g/mol. The van der Waals surface area contributed by atoms with E-state index in [2.05, 4.69) is 20.8 Å². The monoisotopic (exact) mass is 348 g/mol. The molecular formula is C16H17FN4O2S. The van der Waals surface area contributed by atoms with Gasteiger partial charge in [0.2, 0.25) is 5.13 Å². The number of hydrogen-bond donors (Lipinski definition) is 3. The van der Waals surface area contributed by atoms with Crippen LogP contribution in [0.2, 0.25) is 0 Å². The van der Waals surface area contributed by atoms with E-state index in [1.807, 2.05) is 18.2 Å². The van der Waals surface area contributed by atoms with Crippen LogP contribution < -0.4 is 10.6 Å². The molecule has 2 aromatic rings. The highest BCUT2D eigenvalue weighted by Crippen LogP contribution is 2.20. The van der Waals surface area contributed by atoms with Crippen LogP contribution in [0.3, 0.4) is 0 Å². The normalized spacial score (nSPS) is 19.4. The Morgan fingerprint density at radius 1 is 1.38 bits per heavy atom. The first-order valence-corrected chi connectivity index (χ1v) is 8.37. The molecule has 1 aliphatic rings. The van der Waals surface area contributed by atoms with Gasteiger partial charge in [0, 0.05) is 25.0 Å². The van der Waals surface area contributed by atoms with Crippen molar-refractivity contribution in [1.29, 1.82) is 0 Å². The van der Waals surface area contributed by atoms with E-state index >= 15 is 0 Å². The third kappa shape index (κ3) is 4.36. The van der Waals surface area contributed by atoms with Crippen LogP contribution in [0.1, 0.15) is 17.0 Å². The molecule has 0 saturated carbocycles. The van der Waals surface area contributed by atoms with E-state index in [1.165, 1.54) is 23.5 Å². The van der Waals surface area contributed by atoms with Gasteiger partial charge in [0.1, 0.15) is 10.8 Å². The molecule has 3 rings (SSSR count). The summed E-state index contributed by atoms with van der Waals surface area (Å²) in [5.41, 5.74) is 0.799. The molecule has 0 radical (unpaired) electrons. The number of anilines is 1. The van der Waals surface area contributed by atoms with E-state index < -0.39 is 0 Å². The third-order valence-corrected chi connectivity index (χ3v) is 4.49. The van der Waals surface area contributed by atoms with Gasteiger partial charge in [0.05, 0.1) is 0 Å². The predicted octanol–water partition coefficient (Wildman–Crippen LogP) is 2.33. The minimum absolute atomic E-state index is 0.0795. The van der Waals surface area contributed by atoms with Crippen LogP contribution in [0.4, 0.5) is 14.3 Å². The van der Waals surface area contributed by atoms with Crippen LogP contribution in [0.15, 0.2) is 36.4 Å². The number of aromatic nitrogens is 2. The van der Waals surface area contributed by atoms with E-state index in [0.29, 0.717) is 23.0 Å². The lowest BCUT2D eigenvalue weighted by Crippen LogP contribution is -2.36. The zero-order chi connectivity index (χ0) is 16.9. The van der Waals surface area contributed by atoms with E-state index in [0.717, 1.165) is 5.56 Å². The number of nitrogens with one attached hydrogen (secondary N) is 2. The highest BCUT2D eigenvalue weighted by molar-refractivity contribution is 7.15. The Morgan fingerprint density at radius 2 is 2.25 bits per heavy atom. The van der Waals surface area contributed by atoms with E-state index in [1.54, 1.807) is 6.07 Å². The second-order valence-corrected chi connectivity index (χ2v) is 6.64. The van der Waals surface area contributed by atoms with Gasteiger partial charge in [-0.3, -0.25) is 5.32 Å². The summed E-state index contributed by atoms with van der Waals surface area (Å²) < 4.78 is 13.2. The van der Waals surface area contributed by atoms with Crippen LogP contribution in [0, 0.1) is 11.7 Å². The summed E-state index contributed by atoms with van der Waals surface area (Å²) in [6, 6.07) is 5.84. The lowest BCUT2D eigenvalue weighted by Gasteiger charge is -2.12. The number of nitrogens with zero attached hydrogens (tertiary/aromatic N) is 2. The van der Waals surface area contributed by atoms with Crippen molar-refractivity contribution in [3.05, 3.63) is 52.8 Å². The second-order valence-electron chi connectivity index (χ2n) is 5.58. The quantitative estimate of drug-likeness (QED) is 0.724. The van der Waals surface area contributed by atoms with Crippen LogP contribution in [0.25, 0.3) is 0 Å². The zero-order valence-corrected chi connectivity index (χ0v) is 13.6. The van der Waals surface area contributed by atoms with E-state index in [9.17, 15) is 9.18 Å². The van der Waals surface area contributed by atoms with Gasteiger partial charge < -0.3 is 10.4 Å². The number of aliphatic hydroxyl groups excluding tert-OH is 1. The highest BCUT2D eigenvalue weighted by Gasteiger charge is 2.20. The summed E-state index contributed by atoms with van der Waals surface area (Å²) in [6.45, 7) is 0.0795. The van der Waals surface area contributed by atoms with Crippen molar-refractivity contribution in [2.24, 2.45) is 5.92 Å². The number of carbonyl (C=O) groups excluding carboxylic acids is 1. The summed E-state index contributed by atoms with van der Waals surface area (Å²) >= 11 is 1.25. The molecule has 24 heavy (non-hydrogen) atoms. The summed E-state index contributed by atoms with van der Waals surface area (Å²) in [5.74, 6) is -0.199. The van der Waals surface area contributed by atoms with Gasteiger partial charge in [-0.2, -0.15) is 0 Å². The fourth-order valence-corrected chi connectivity index (χ4v) is 3.28. The standard InChI is InChI=1S/C16H17FN4O2S/c17-12-3-1-2-10(6-12)8-14-20-21-16(24-14)19-15(23)18-13-5-4-11(7-13)9-22/h1-6,11,13,22H,7-9H2,(H2,18,19,21,23)/t11-,13+/m0/s1. The first-order valence-electron chi connectivity index (χ1n) is 7.56. The number of rotatable bonds is 5. The predicted molar refractivity (Wildman–Crippen MR) is 89.4 cm³/mol. The Hall–Kier alpha value is -2.32. The Labute approximate surface area is 142 Å². The largest absolute Gasteiger partial charge is 0.396 e. The van der Waals surface area contributed by atoms with Gasteiger partial charge in [-0.1, -0.05) is 35.6 Å². The number of halogens is 1. The van der Waals surface area contributed by atoms with Crippen LogP contribution in [-0.2, 0) is 6.42 Å². The molecule has 0 fully saturated rings.